The van der Waals surface area contributed by atoms with Crippen molar-refractivity contribution in [1.82, 2.24) is 9.91 Å². The van der Waals surface area contributed by atoms with E-state index in [2.05, 4.69) is 0 Å². The van der Waals surface area contributed by atoms with Crippen molar-refractivity contribution in [3.63, 3.8) is 0 Å². The zero-order chi connectivity index (χ0) is 22.7. The molecule has 168 valence electrons. The number of hydrazone groups is 1. The van der Waals surface area contributed by atoms with Crippen LogP contribution in [-0.2, 0) is 9.59 Å². The molecular formula is C25H29N3O4. The molecule has 2 aromatic rings. The lowest BCUT2D eigenvalue weighted by molar-refractivity contribution is -0.144. The number of para-hydroxylation sites is 1. The van der Waals surface area contributed by atoms with Crippen molar-refractivity contribution in [2.45, 2.75) is 31.7 Å². The van der Waals surface area contributed by atoms with Crippen LogP contribution in [0.3, 0.4) is 0 Å². The third kappa shape index (κ3) is 4.33. The van der Waals surface area contributed by atoms with E-state index < -0.39 is 0 Å². The fraction of sp³-hybridized carbons (Fsp3) is 0.400. The SMILES string of the molecule is COc1ccc(C2=NN(C(=O)CN(C)C(=O)C3CCC3)[C@H](c3ccccc3OC)C2)cc1. The molecule has 2 aliphatic rings. The highest BCUT2D eigenvalue weighted by Crippen LogP contribution is 2.37. The van der Waals surface area contributed by atoms with Crippen molar-refractivity contribution in [1.29, 1.82) is 0 Å². The molecule has 1 saturated carbocycles. The van der Waals surface area contributed by atoms with Crippen molar-refractivity contribution < 1.29 is 19.1 Å². The highest BCUT2D eigenvalue weighted by Gasteiger charge is 2.36. The molecule has 1 atom stereocenters. The number of likely N-dealkylation sites (N-methyl/N-ethyl adjacent to an activating group) is 1. The van der Waals surface area contributed by atoms with Gasteiger partial charge in [0.25, 0.3) is 5.91 Å². The second-order valence-corrected chi connectivity index (χ2v) is 8.30. The van der Waals surface area contributed by atoms with Crippen LogP contribution in [0.2, 0.25) is 0 Å². The number of methoxy groups -OCH3 is 2. The van der Waals surface area contributed by atoms with E-state index in [1.165, 1.54) is 9.91 Å². The molecule has 1 aliphatic heterocycles. The average Bonchev–Trinajstić information content (AvgIpc) is 3.23. The molecule has 1 aliphatic carbocycles. The molecule has 4 rings (SSSR count). The third-order valence-electron chi connectivity index (χ3n) is 6.29. The summed E-state index contributed by atoms with van der Waals surface area (Å²) in [6, 6.07) is 15.0. The van der Waals surface area contributed by atoms with Gasteiger partial charge in [0.15, 0.2) is 0 Å². The van der Waals surface area contributed by atoms with Crippen LogP contribution in [0.5, 0.6) is 11.5 Å². The molecule has 0 radical (unpaired) electrons. The number of nitrogens with zero attached hydrogens (tertiary/aromatic N) is 3. The van der Waals surface area contributed by atoms with E-state index in [1.807, 2.05) is 48.5 Å². The molecular weight excluding hydrogens is 406 g/mol. The van der Waals surface area contributed by atoms with Gasteiger partial charge in [-0.1, -0.05) is 24.6 Å². The van der Waals surface area contributed by atoms with E-state index in [0.717, 1.165) is 41.9 Å². The third-order valence-corrected chi connectivity index (χ3v) is 6.29. The Balaban J connectivity index is 1.61. The Kier molecular flexibility index (Phi) is 6.44. The predicted octanol–water partition coefficient (Wildman–Crippen LogP) is 3.64. The minimum absolute atomic E-state index is 0.000372. The molecule has 0 bridgehead atoms. The molecule has 0 saturated heterocycles. The predicted molar refractivity (Wildman–Crippen MR) is 122 cm³/mol. The molecule has 7 heteroatoms. The minimum atomic E-state index is -0.303. The van der Waals surface area contributed by atoms with E-state index in [0.29, 0.717) is 12.2 Å². The molecule has 2 amide bonds. The maximum atomic E-state index is 13.3. The molecule has 32 heavy (non-hydrogen) atoms. The Morgan fingerprint density at radius 1 is 1.06 bits per heavy atom. The summed E-state index contributed by atoms with van der Waals surface area (Å²) < 4.78 is 10.8. The lowest BCUT2D eigenvalue weighted by Crippen LogP contribution is -2.42. The van der Waals surface area contributed by atoms with Crippen LogP contribution >= 0.6 is 0 Å². The van der Waals surface area contributed by atoms with Crippen LogP contribution in [0.15, 0.2) is 53.6 Å². The van der Waals surface area contributed by atoms with Crippen molar-refractivity contribution in [3.05, 3.63) is 59.7 Å². The first-order valence-corrected chi connectivity index (χ1v) is 10.9. The highest BCUT2D eigenvalue weighted by atomic mass is 16.5. The summed E-state index contributed by atoms with van der Waals surface area (Å²) in [5, 5.41) is 6.22. The van der Waals surface area contributed by atoms with Crippen molar-refractivity contribution in [2.75, 3.05) is 27.8 Å². The fourth-order valence-electron chi connectivity index (χ4n) is 4.20. The van der Waals surface area contributed by atoms with Gasteiger partial charge in [-0.25, -0.2) is 5.01 Å². The Bertz CT molecular complexity index is 1010. The fourth-order valence-corrected chi connectivity index (χ4v) is 4.20. The smallest absolute Gasteiger partial charge is 0.262 e. The zero-order valence-corrected chi connectivity index (χ0v) is 18.8. The number of amides is 2. The van der Waals surface area contributed by atoms with Gasteiger partial charge in [0.2, 0.25) is 5.91 Å². The van der Waals surface area contributed by atoms with Gasteiger partial charge in [0.1, 0.15) is 18.0 Å². The van der Waals surface area contributed by atoms with Crippen LogP contribution < -0.4 is 9.47 Å². The summed E-state index contributed by atoms with van der Waals surface area (Å²) in [6.45, 7) is 0.000372. The maximum Gasteiger partial charge on any atom is 0.262 e. The van der Waals surface area contributed by atoms with Crippen LogP contribution in [0.4, 0.5) is 0 Å². The number of benzene rings is 2. The van der Waals surface area contributed by atoms with E-state index in [1.54, 1.807) is 21.3 Å². The van der Waals surface area contributed by atoms with Gasteiger partial charge >= 0.3 is 0 Å². The maximum absolute atomic E-state index is 13.3. The zero-order valence-electron chi connectivity index (χ0n) is 18.8. The molecule has 1 fully saturated rings. The van der Waals surface area contributed by atoms with Gasteiger partial charge in [-0.05, 0) is 48.7 Å². The van der Waals surface area contributed by atoms with Crippen molar-refractivity contribution in [2.24, 2.45) is 11.0 Å². The first-order valence-electron chi connectivity index (χ1n) is 10.9. The number of ether oxygens (including phenoxy) is 2. The second-order valence-electron chi connectivity index (χ2n) is 8.30. The molecule has 0 aromatic heterocycles. The molecule has 0 spiro atoms. The lowest BCUT2D eigenvalue weighted by atomic mass is 9.84. The van der Waals surface area contributed by atoms with Crippen LogP contribution in [-0.4, -0.2) is 55.2 Å². The highest BCUT2D eigenvalue weighted by molar-refractivity contribution is 6.03. The summed E-state index contributed by atoms with van der Waals surface area (Å²) in [5.41, 5.74) is 2.63. The molecule has 1 heterocycles. The van der Waals surface area contributed by atoms with Crippen LogP contribution in [0.1, 0.15) is 42.9 Å². The Morgan fingerprint density at radius 2 is 1.78 bits per heavy atom. The van der Waals surface area contributed by atoms with E-state index in [9.17, 15) is 9.59 Å². The Morgan fingerprint density at radius 3 is 2.41 bits per heavy atom. The van der Waals surface area contributed by atoms with Crippen molar-refractivity contribution in [3.8, 4) is 11.5 Å². The van der Waals surface area contributed by atoms with Gasteiger partial charge in [-0.2, -0.15) is 5.10 Å². The normalized spacial score (nSPS) is 18.0. The standard InChI is InChI=1S/C25H29N3O4/c1-27(25(30)18-7-6-8-18)16-24(29)28-22(20-9-4-5-10-23(20)32-3)15-21(26-28)17-11-13-19(31-2)14-12-17/h4-5,9-14,18,22H,6-8,15-16H2,1-3H3/t22-/m0/s1. The number of carbonyl (C=O) groups is 2. The lowest BCUT2D eigenvalue weighted by Gasteiger charge is -2.30. The molecule has 2 aromatic carbocycles. The number of carbonyl (C=O) groups excluding carboxylic acids is 2. The first kappa shape index (κ1) is 21.9. The minimum Gasteiger partial charge on any atom is -0.497 e. The summed E-state index contributed by atoms with van der Waals surface area (Å²) in [7, 11) is 4.94. The number of hydrogen-bond acceptors (Lipinski definition) is 5. The Hall–Kier alpha value is -3.35. The summed E-state index contributed by atoms with van der Waals surface area (Å²) >= 11 is 0. The van der Waals surface area contributed by atoms with Crippen LogP contribution in [0, 0.1) is 5.92 Å². The monoisotopic (exact) mass is 435 g/mol. The average molecular weight is 436 g/mol. The second kappa shape index (κ2) is 9.42. The van der Waals surface area contributed by atoms with Gasteiger partial charge in [0.05, 0.1) is 26.0 Å². The van der Waals surface area contributed by atoms with Crippen molar-refractivity contribution >= 4 is 17.5 Å². The quantitative estimate of drug-likeness (QED) is 0.666. The first-order chi connectivity index (χ1) is 15.5. The number of hydrogen-bond donors (Lipinski definition) is 0. The van der Waals surface area contributed by atoms with Gasteiger partial charge in [0, 0.05) is 24.9 Å². The van der Waals surface area contributed by atoms with Gasteiger partial charge in [-0.15, -0.1) is 0 Å². The van der Waals surface area contributed by atoms with E-state index in [-0.39, 0.29) is 30.3 Å². The molecule has 7 nitrogen and oxygen atoms in total. The summed E-state index contributed by atoms with van der Waals surface area (Å²) in [5.74, 6) is 1.35. The Labute approximate surface area is 188 Å². The van der Waals surface area contributed by atoms with Gasteiger partial charge in [-0.3, -0.25) is 9.59 Å². The summed E-state index contributed by atoms with van der Waals surface area (Å²) in [6.07, 6.45) is 3.45. The molecule has 0 unspecified atom stereocenters. The summed E-state index contributed by atoms with van der Waals surface area (Å²) in [4.78, 5) is 27.4. The topological polar surface area (TPSA) is 71.4 Å². The largest absolute Gasteiger partial charge is 0.497 e. The van der Waals surface area contributed by atoms with Crippen LogP contribution in [0.25, 0.3) is 0 Å². The van der Waals surface area contributed by atoms with E-state index >= 15 is 0 Å². The van der Waals surface area contributed by atoms with Gasteiger partial charge < -0.3 is 14.4 Å². The number of rotatable bonds is 7. The molecule has 0 N–H and O–H groups in total. The van der Waals surface area contributed by atoms with E-state index in [4.69, 9.17) is 14.6 Å².